The second-order valence-electron chi connectivity index (χ2n) is 7.15. The van der Waals surface area contributed by atoms with Crippen LogP contribution in [-0.2, 0) is 14.8 Å². The lowest BCUT2D eigenvalue weighted by atomic mass is 10.2. The van der Waals surface area contributed by atoms with E-state index in [1.807, 2.05) is 0 Å². The predicted molar refractivity (Wildman–Crippen MR) is 103 cm³/mol. The van der Waals surface area contributed by atoms with E-state index in [9.17, 15) is 13.2 Å². The van der Waals surface area contributed by atoms with Gasteiger partial charge in [-0.05, 0) is 69.6 Å². The molecule has 1 N–H and O–H groups in total. The van der Waals surface area contributed by atoms with Crippen molar-refractivity contribution >= 4 is 21.6 Å². The van der Waals surface area contributed by atoms with E-state index in [4.69, 9.17) is 0 Å². The number of likely N-dealkylation sites (tertiary alicyclic amines) is 1. The van der Waals surface area contributed by atoms with E-state index in [2.05, 4.69) is 9.62 Å². The third kappa shape index (κ3) is 5.05. The zero-order valence-electron chi connectivity index (χ0n) is 15.3. The molecule has 26 heavy (non-hydrogen) atoms. The fourth-order valence-electron chi connectivity index (χ4n) is 3.68. The highest BCUT2D eigenvalue weighted by Gasteiger charge is 2.22. The molecule has 0 aromatic heterocycles. The Balaban J connectivity index is 1.49. The summed E-state index contributed by atoms with van der Waals surface area (Å²) >= 11 is 0. The van der Waals surface area contributed by atoms with Gasteiger partial charge in [-0.3, -0.25) is 4.79 Å². The van der Waals surface area contributed by atoms with E-state index in [1.165, 1.54) is 25.7 Å². The van der Waals surface area contributed by atoms with Gasteiger partial charge in [-0.1, -0.05) is 12.8 Å². The molecule has 1 aromatic carbocycles. The Bertz CT molecular complexity index is 695. The first-order valence-electron chi connectivity index (χ1n) is 9.69. The average molecular weight is 380 g/mol. The van der Waals surface area contributed by atoms with Gasteiger partial charge < -0.3 is 9.80 Å². The van der Waals surface area contributed by atoms with E-state index in [1.54, 1.807) is 29.2 Å². The van der Waals surface area contributed by atoms with Crippen LogP contribution in [0.15, 0.2) is 29.2 Å². The maximum atomic E-state index is 12.4. The molecule has 0 radical (unpaired) electrons. The normalized spacial score (nSPS) is 19.7. The summed E-state index contributed by atoms with van der Waals surface area (Å²) in [6, 6.07) is 6.60. The molecule has 1 aromatic rings. The highest BCUT2D eigenvalue weighted by atomic mass is 32.2. The molecule has 3 rings (SSSR count). The summed E-state index contributed by atoms with van der Waals surface area (Å²) in [5, 5.41) is 0. The number of amides is 1. The molecule has 0 saturated carbocycles. The Morgan fingerprint density at radius 1 is 0.923 bits per heavy atom. The number of hydrogen-bond acceptors (Lipinski definition) is 4. The molecular weight excluding hydrogens is 350 g/mol. The summed E-state index contributed by atoms with van der Waals surface area (Å²) in [7, 11) is -3.50. The topological polar surface area (TPSA) is 69.7 Å². The number of hydrogen-bond donors (Lipinski definition) is 1. The number of carbonyl (C=O) groups is 1. The Labute approximate surface area is 156 Å². The van der Waals surface area contributed by atoms with Crippen molar-refractivity contribution in [2.75, 3.05) is 37.6 Å². The number of nitrogens with one attached hydrogen (secondary N) is 1. The molecule has 0 bridgehead atoms. The van der Waals surface area contributed by atoms with Gasteiger partial charge in [0.15, 0.2) is 0 Å². The fourth-order valence-corrected chi connectivity index (χ4v) is 4.75. The zero-order valence-corrected chi connectivity index (χ0v) is 16.1. The highest BCUT2D eigenvalue weighted by molar-refractivity contribution is 7.89. The molecule has 0 spiro atoms. The number of nitrogens with zero attached hydrogens (tertiary/aromatic N) is 2. The van der Waals surface area contributed by atoms with Crippen LogP contribution >= 0.6 is 0 Å². The Morgan fingerprint density at radius 3 is 2.23 bits per heavy atom. The Morgan fingerprint density at radius 2 is 1.62 bits per heavy atom. The van der Waals surface area contributed by atoms with Crippen LogP contribution in [-0.4, -0.2) is 51.9 Å². The van der Waals surface area contributed by atoms with Crippen molar-refractivity contribution in [3.63, 3.8) is 0 Å². The van der Waals surface area contributed by atoms with Crippen molar-refractivity contribution < 1.29 is 13.2 Å². The second kappa shape index (κ2) is 8.97. The van der Waals surface area contributed by atoms with Gasteiger partial charge in [0, 0.05) is 25.2 Å². The van der Waals surface area contributed by atoms with E-state index in [0.717, 1.165) is 38.2 Å². The fraction of sp³-hybridized carbons (Fsp3) is 0.632. The number of anilines is 1. The summed E-state index contributed by atoms with van der Waals surface area (Å²) in [6.45, 7) is 4.36. The van der Waals surface area contributed by atoms with E-state index >= 15 is 0 Å². The standard InChI is InChI=1S/C19H29N3O3S/c23-19-7-5-16-22(19)17-8-10-18(11-9-17)26(24,25)20-12-6-15-21-13-3-1-2-4-14-21/h8-11,20H,1-7,12-16H2. The first-order valence-corrected chi connectivity index (χ1v) is 11.2. The molecule has 0 atom stereocenters. The van der Waals surface area contributed by atoms with Crippen molar-refractivity contribution in [1.82, 2.24) is 9.62 Å². The minimum absolute atomic E-state index is 0.104. The first kappa shape index (κ1) is 19.3. The van der Waals surface area contributed by atoms with Crippen molar-refractivity contribution in [3.05, 3.63) is 24.3 Å². The van der Waals surface area contributed by atoms with Crippen LogP contribution in [0.25, 0.3) is 0 Å². The average Bonchev–Trinajstić information content (AvgIpc) is 2.90. The van der Waals surface area contributed by atoms with Gasteiger partial charge in [0.05, 0.1) is 4.90 Å². The Hall–Kier alpha value is -1.44. The summed E-state index contributed by atoms with van der Waals surface area (Å²) in [6.07, 6.45) is 7.36. The molecule has 6 nitrogen and oxygen atoms in total. The molecule has 0 aliphatic carbocycles. The second-order valence-corrected chi connectivity index (χ2v) is 8.92. The van der Waals surface area contributed by atoms with Crippen LogP contribution in [0.1, 0.15) is 44.9 Å². The third-order valence-corrected chi connectivity index (χ3v) is 6.65. The largest absolute Gasteiger partial charge is 0.312 e. The van der Waals surface area contributed by atoms with Crippen molar-refractivity contribution in [3.8, 4) is 0 Å². The first-order chi connectivity index (χ1) is 12.6. The lowest BCUT2D eigenvalue weighted by Gasteiger charge is -2.19. The maximum Gasteiger partial charge on any atom is 0.240 e. The van der Waals surface area contributed by atoms with Gasteiger partial charge in [0.1, 0.15) is 0 Å². The molecule has 2 saturated heterocycles. The summed E-state index contributed by atoms with van der Waals surface area (Å²) in [5.74, 6) is 0.104. The van der Waals surface area contributed by atoms with E-state index in [0.29, 0.717) is 19.5 Å². The molecule has 0 unspecified atom stereocenters. The number of benzene rings is 1. The van der Waals surface area contributed by atoms with Crippen molar-refractivity contribution in [2.24, 2.45) is 0 Å². The molecule has 2 aliphatic rings. The number of rotatable bonds is 7. The molecule has 7 heteroatoms. The molecule has 2 heterocycles. The van der Waals surface area contributed by atoms with Gasteiger partial charge in [0.25, 0.3) is 0 Å². The summed E-state index contributed by atoms with van der Waals surface area (Å²) < 4.78 is 27.6. The van der Waals surface area contributed by atoms with Crippen molar-refractivity contribution in [1.29, 1.82) is 0 Å². The van der Waals surface area contributed by atoms with Gasteiger partial charge in [0.2, 0.25) is 15.9 Å². The van der Waals surface area contributed by atoms with Crippen LogP contribution in [0.5, 0.6) is 0 Å². The van der Waals surface area contributed by atoms with Crippen LogP contribution in [0.3, 0.4) is 0 Å². The third-order valence-electron chi connectivity index (χ3n) is 5.17. The lowest BCUT2D eigenvalue weighted by molar-refractivity contribution is -0.117. The van der Waals surface area contributed by atoms with Crippen LogP contribution < -0.4 is 9.62 Å². The smallest absolute Gasteiger partial charge is 0.240 e. The molecule has 144 valence electrons. The SMILES string of the molecule is O=C1CCCN1c1ccc(S(=O)(=O)NCCCN2CCCCCC2)cc1. The van der Waals surface area contributed by atoms with E-state index < -0.39 is 10.0 Å². The minimum Gasteiger partial charge on any atom is -0.312 e. The molecule has 2 aliphatic heterocycles. The maximum absolute atomic E-state index is 12.4. The minimum atomic E-state index is -3.50. The zero-order chi connectivity index (χ0) is 18.4. The van der Waals surface area contributed by atoms with E-state index in [-0.39, 0.29) is 10.8 Å². The van der Waals surface area contributed by atoms with Gasteiger partial charge >= 0.3 is 0 Å². The number of carbonyl (C=O) groups excluding carboxylic acids is 1. The molecule has 1 amide bonds. The van der Waals surface area contributed by atoms with Gasteiger partial charge in [-0.2, -0.15) is 0 Å². The lowest BCUT2D eigenvalue weighted by Crippen LogP contribution is -2.30. The van der Waals surface area contributed by atoms with Crippen LogP contribution in [0.4, 0.5) is 5.69 Å². The van der Waals surface area contributed by atoms with Crippen molar-refractivity contribution in [2.45, 2.75) is 49.8 Å². The highest BCUT2D eigenvalue weighted by Crippen LogP contribution is 2.22. The van der Waals surface area contributed by atoms with Gasteiger partial charge in [-0.15, -0.1) is 0 Å². The molecule has 2 fully saturated rings. The van der Waals surface area contributed by atoms with Gasteiger partial charge in [-0.25, -0.2) is 13.1 Å². The number of sulfonamides is 1. The monoisotopic (exact) mass is 379 g/mol. The summed E-state index contributed by atoms with van der Waals surface area (Å²) in [4.78, 5) is 16.2. The predicted octanol–water partition coefficient (Wildman–Crippen LogP) is 2.36. The Kier molecular flexibility index (Phi) is 6.67. The quantitative estimate of drug-likeness (QED) is 0.739. The van der Waals surface area contributed by atoms with Crippen LogP contribution in [0.2, 0.25) is 0 Å². The van der Waals surface area contributed by atoms with Crippen LogP contribution in [0, 0.1) is 0 Å². The summed E-state index contributed by atoms with van der Waals surface area (Å²) in [5.41, 5.74) is 0.771. The molecular formula is C19H29N3O3S.